The number of aryl methyl sites for hydroxylation is 1. The van der Waals surface area contributed by atoms with E-state index in [4.69, 9.17) is 5.73 Å². The molecule has 1 atom stereocenters. The largest absolute Gasteiger partial charge is 0.375 e. The number of fused-ring (bicyclic) bond motifs is 1. The second-order valence-electron chi connectivity index (χ2n) is 4.76. The highest BCUT2D eigenvalue weighted by Crippen LogP contribution is 2.31. The molecule has 0 radical (unpaired) electrons. The molecule has 98 valence electrons. The van der Waals surface area contributed by atoms with Crippen molar-refractivity contribution in [1.82, 2.24) is 4.98 Å². The SMILES string of the molecule is CC1CCc2ccccc2N1C(=O)c1csc(N)n1. The van der Waals surface area contributed by atoms with Crippen molar-refractivity contribution >= 4 is 28.1 Å². The monoisotopic (exact) mass is 273 g/mol. The lowest BCUT2D eigenvalue weighted by Gasteiger charge is -2.34. The third-order valence-electron chi connectivity index (χ3n) is 3.48. The number of carbonyl (C=O) groups is 1. The minimum absolute atomic E-state index is 0.0624. The van der Waals surface area contributed by atoms with E-state index in [1.807, 2.05) is 23.1 Å². The standard InChI is InChI=1S/C14H15N3OS/c1-9-6-7-10-4-2-3-5-12(10)17(9)13(18)11-8-19-14(15)16-11/h2-5,8-9H,6-7H2,1H3,(H2,15,16). The average Bonchev–Trinajstić information content (AvgIpc) is 2.85. The third-order valence-corrected chi connectivity index (χ3v) is 4.16. The van der Waals surface area contributed by atoms with E-state index in [0.717, 1.165) is 18.5 Å². The number of hydrogen-bond acceptors (Lipinski definition) is 4. The number of benzene rings is 1. The van der Waals surface area contributed by atoms with E-state index in [9.17, 15) is 4.79 Å². The Bertz CT molecular complexity index is 623. The van der Waals surface area contributed by atoms with E-state index in [1.165, 1.54) is 16.9 Å². The maximum atomic E-state index is 12.6. The molecule has 1 amide bonds. The van der Waals surface area contributed by atoms with Crippen LogP contribution in [0.25, 0.3) is 0 Å². The first-order valence-electron chi connectivity index (χ1n) is 6.29. The van der Waals surface area contributed by atoms with Gasteiger partial charge in [-0.05, 0) is 31.4 Å². The summed E-state index contributed by atoms with van der Waals surface area (Å²) < 4.78 is 0. The second kappa shape index (κ2) is 4.66. The zero-order chi connectivity index (χ0) is 13.4. The molecule has 0 bridgehead atoms. The number of hydrogen-bond donors (Lipinski definition) is 1. The van der Waals surface area contributed by atoms with Crippen molar-refractivity contribution in [3.8, 4) is 0 Å². The predicted octanol–water partition coefficient (Wildman–Crippen LogP) is 2.71. The van der Waals surface area contributed by atoms with Crippen molar-refractivity contribution in [2.24, 2.45) is 0 Å². The van der Waals surface area contributed by atoms with Crippen LogP contribution in [0.15, 0.2) is 29.6 Å². The number of aromatic nitrogens is 1. The van der Waals surface area contributed by atoms with Crippen LogP contribution in [0.2, 0.25) is 0 Å². The van der Waals surface area contributed by atoms with Gasteiger partial charge in [0.1, 0.15) is 5.69 Å². The van der Waals surface area contributed by atoms with Crippen LogP contribution < -0.4 is 10.6 Å². The molecule has 2 N–H and O–H groups in total. The molecule has 1 aliphatic heterocycles. The van der Waals surface area contributed by atoms with Crippen LogP contribution >= 0.6 is 11.3 Å². The van der Waals surface area contributed by atoms with Gasteiger partial charge in [0.05, 0.1) is 0 Å². The van der Waals surface area contributed by atoms with Gasteiger partial charge in [0.25, 0.3) is 5.91 Å². The lowest BCUT2D eigenvalue weighted by molar-refractivity contribution is 0.0971. The molecule has 1 aliphatic rings. The lowest BCUT2D eigenvalue weighted by atomic mass is 9.96. The van der Waals surface area contributed by atoms with Crippen LogP contribution in [0.3, 0.4) is 0 Å². The number of rotatable bonds is 1. The molecule has 0 aliphatic carbocycles. The van der Waals surface area contributed by atoms with Gasteiger partial charge in [-0.25, -0.2) is 4.98 Å². The Morgan fingerprint density at radius 1 is 1.47 bits per heavy atom. The molecule has 0 fully saturated rings. The van der Waals surface area contributed by atoms with Crippen molar-refractivity contribution in [2.75, 3.05) is 10.6 Å². The summed E-state index contributed by atoms with van der Waals surface area (Å²) in [6.07, 6.45) is 1.99. The van der Waals surface area contributed by atoms with Crippen LogP contribution in [0, 0.1) is 0 Å². The Hall–Kier alpha value is -1.88. The molecule has 0 saturated heterocycles. The van der Waals surface area contributed by atoms with Gasteiger partial charge < -0.3 is 10.6 Å². The number of carbonyl (C=O) groups excluding carboxylic acids is 1. The van der Waals surface area contributed by atoms with Crippen LogP contribution in [0.4, 0.5) is 10.8 Å². The predicted molar refractivity (Wildman–Crippen MR) is 77.6 cm³/mol. The Labute approximate surface area is 115 Å². The van der Waals surface area contributed by atoms with E-state index < -0.39 is 0 Å². The average molecular weight is 273 g/mol. The van der Waals surface area contributed by atoms with Crippen LogP contribution in [-0.2, 0) is 6.42 Å². The van der Waals surface area contributed by atoms with Crippen molar-refractivity contribution in [1.29, 1.82) is 0 Å². The fraction of sp³-hybridized carbons (Fsp3) is 0.286. The second-order valence-corrected chi connectivity index (χ2v) is 5.65. The van der Waals surface area contributed by atoms with E-state index in [0.29, 0.717) is 10.8 Å². The fourth-order valence-corrected chi connectivity index (χ4v) is 3.04. The zero-order valence-corrected chi connectivity index (χ0v) is 11.5. The molecule has 2 aromatic rings. The van der Waals surface area contributed by atoms with Gasteiger partial charge in [0, 0.05) is 17.1 Å². The summed E-state index contributed by atoms with van der Waals surface area (Å²) in [5.41, 5.74) is 8.27. The van der Waals surface area contributed by atoms with Crippen molar-refractivity contribution in [3.63, 3.8) is 0 Å². The summed E-state index contributed by atoms with van der Waals surface area (Å²) in [5, 5.41) is 2.16. The number of nitrogens with zero attached hydrogens (tertiary/aromatic N) is 2. The highest BCUT2D eigenvalue weighted by atomic mass is 32.1. The Morgan fingerprint density at radius 3 is 3.00 bits per heavy atom. The minimum atomic E-state index is -0.0624. The molecule has 1 aromatic heterocycles. The molecular formula is C14H15N3OS. The molecule has 0 spiro atoms. The van der Waals surface area contributed by atoms with Crippen LogP contribution in [-0.4, -0.2) is 16.9 Å². The smallest absolute Gasteiger partial charge is 0.278 e. The maximum absolute atomic E-state index is 12.6. The third kappa shape index (κ3) is 2.10. The number of nitrogen functional groups attached to an aromatic ring is 1. The summed E-state index contributed by atoms with van der Waals surface area (Å²) in [7, 11) is 0. The number of para-hydroxylation sites is 1. The first kappa shape index (κ1) is 12.2. The summed E-state index contributed by atoms with van der Waals surface area (Å²) in [6, 6.07) is 8.24. The Morgan fingerprint density at radius 2 is 2.26 bits per heavy atom. The van der Waals surface area contributed by atoms with Gasteiger partial charge in [-0.3, -0.25) is 4.79 Å². The number of nitrogens with two attached hydrogens (primary N) is 1. The Balaban J connectivity index is 2.02. The lowest BCUT2D eigenvalue weighted by Crippen LogP contribution is -2.42. The van der Waals surface area contributed by atoms with E-state index in [2.05, 4.69) is 18.0 Å². The quantitative estimate of drug-likeness (QED) is 0.869. The van der Waals surface area contributed by atoms with Gasteiger partial charge in [-0.1, -0.05) is 18.2 Å². The fourth-order valence-electron chi connectivity index (χ4n) is 2.51. The molecule has 0 saturated carbocycles. The maximum Gasteiger partial charge on any atom is 0.278 e. The molecule has 5 heteroatoms. The van der Waals surface area contributed by atoms with Crippen LogP contribution in [0.1, 0.15) is 29.4 Å². The molecule has 3 rings (SSSR count). The minimum Gasteiger partial charge on any atom is -0.375 e. The summed E-state index contributed by atoms with van der Waals surface area (Å²) >= 11 is 1.30. The molecular weight excluding hydrogens is 258 g/mol. The van der Waals surface area contributed by atoms with E-state index in [1.54, 1.807) is 5.38 Å². The molecule has 2 heterocycles. The van der Waals surface area contributed by atoms with Crippen molar-refractivity contribution in [2.45, 2.75) is 25.8 Å². The van der Waals surface area contributed by atoms with Crippen LogP contribution in [0.5, 0.6) is 0 Å². The highest BCUT2D eigenvalue weighted by molar-refractivity contribution is 7.13. The first-order chi connectivity index (χ1) is 9.16. The molecule has 1 unspecified atom stereocenters. The zero-order valence-electron chi connectivity index (χ0n) is 10.7. The highest BCUT2D eigenvalue weighted by Gasteiger charge is 2.29. The summed E-state index contributed by atoms with van der Waals surface area (Å²) in [6.45, 7) is 2.07. The van der Waals surface area contributed by atoms with E-state index >= 15 is 0 Å². The Kier molecular flexibility index (Phi) is 2.98. The topological polar surface area (TPSA) is 59.2 Å². The molecule has 19 heavy (non-hydrogen) atoms. The van der Waals surface area contributed by atoms with Crippen molar-refractivity contribution < 1.29 is 4.79 Å². The van der Waals surface area contributed by atoms with E-state index in [-0.39, 0.29) is 11.9 Å². The summed E-state index contributed by atoms with van der Waals surface area (Å²) in [4.78, 5) is 18.5. The van der Waals surface area contributed by atoms with Gasteiger partial charge in [0.2, 0.25) is 0 Å². The number of amides is 1. The van der Waals surface area contributed by atoms with Gasteiger partial charge in [0.15, 0.2) is 5.13 Å². The van der Waals surface area contributed by atoms with Gasteiger partial charge in [-0.2, -0.15) is 0 Å². The number of anilines is 2. The van der Waals surface area contributed by atoms with Gasteiger partial charge in [-0.15, -0.1) is 11.3 Å². The molecule has 4 nitrogen and oxygen atoms in total. The normalized spacial score (nSPS) is 18.2. The summed E-state index contributed by atoms with van der Waals surface area (Å²) in [5.74, 6) is -0.0624. The van der Waals surface area contributed by atoms with Gasteiger partial charge >= 0.3 is 0 Å². The van der Waals surface area contributed by atoms with Crippen molar-refractivity contribution in [3.05, 3.63) is 40.9 Å². The first-order valence-corrected chi connectivity index (χ1v) is 7.17. The molecule has 1 aromatic carbocycles. The number of thiazole rings is 1.